The van der Waals surface area contributed by atoms with Crippen molar-refractivity contribution in [2.75, 3.05) is 19.4 Å². The van der Waals surface area contributed by atoms with Crippen molar-refractivity contribution in [2.45, 2.75) is 25.1 Å². The van der Waals surface area contributed by atoms with Gasteiger partial charge in [-0.15, -0.1) is 0 Å². The summed E-state index contributed by atoms with van der Waals surface area (Å²) in [5.41, 5.74) is 0.672. The van der Waals surface area contributed by atoms with Crippen LogP contribution in [0.2, 0.25) is 0 Å². The monoisotopic (exact) mass is 343 g/mol. The van der Waals surface area contributed by atoms with Gasteiger partial charge in [0, 0.05) is 28.1 Å². The van der Waals surface area contributed by atoms with Gasteiger partial charge in [-0.2, -0.15) is 11.8 Å². The minimum absolute atomic E-state index is 0.0745. The van der Waals surface area contributed by atoms with Gasteiger partial charge < -0.3 is 9.64 Å². The summed E-state index contributed by atoms with van der Waals surface area (Å²) in [5, 5.41) is 0.474. The summed E-state index contributed by atoms with van der Waals surface area (Å²) < 4.78 is 6.02. The molecule has 0 aromatic heterocycles. The predicted octanol–water partition coefficient (Wildman–Crippen LogP) is 3.42. The molecule has 1 amide bonds. The first-order valence-corrected chi connectivity index (χ1v) is 8.15. The minimum Gasteiger partial charge on any atom is -0.497 e. The highest BCUT2D eigenvalue weighted by atomic mass is 79.9. The van der Waals surface area contributed by atoms with Crippen LogP contribution in [0.25, 0.3) is 0 Å². The maximum absolute atomic E-state index is 12.7. The van der Waals surface area contributed by atoms with Gasteiger partial charge in [0.15, 0.2) is 0 Å². The Morgan fingerprint density at radius 1 is 1.47 bits per heavy atom. The Kier molecular flexibility index (Phi) is 4.79. The van der Waals surface area contributed by atoms with Crippen LogP contribution in [0.4, 0.5) is 0 Å². The Bertz CT molecular complexity index is 481. The van der Waals surface area contributed by atoms with E-state index in [-0.39, 0.29) is 11.9 Å². The van der Waals surface area contributed by atoms with Crippen LogP contribution < -0.4 is 4.74 Å². The third-order valence-electron chi connectivity index (χ3n) is 3.55. The lowest BCUT2D eigenvalue weighted by Crippen LogP contribution is -2.48. The summed E-state index contributed by atoms with van der Waals surface area (Å²) in [6, 6.07) is 5.76. The lowest BCUT2D eigenvalue weighted by molar-refractivity contribution is 0.0697. The maximum atomic E-state index is 12.7. The smallest absolute Gasteiger partial charge is 0.255 e. The number of methoxy groups -OCH3 is 1. The number of carbonyl (C=O) groups is 1. The Morgan fingerprint density at radius 3 is 2.89 bits per heavy atom. The summed E-state index contributed by atoms with van der Waals surface area (Å²) in [6.45, 7) is 5.09. The topological polar surface area (TPSA) is 29.5 Å². The SMILES string of the molecule is COc1ccc(Br)c(C(=O)N2CCSC(C)C2C)c1. The summed E-state index contributed by atoms with van der Waals surface area (Å²) in [5.74, 6) is 1.78. The first-order chi connectivity index (χ1) is 9.04. The fourth-order valence-corrected chi connectivity index (χ4v) is 3.69. The number of benzene rings is 1. The molecule has 2 rings (SSSR count). The Morgan fingerprint density at radius 2 is 2.21 bits per heavy atom. The molecule has 0 spiro atoms. The van der Waals surface area contributed by atoms with Gasteiger partial charge in [0.25, 0.3) is 5.91 Å². The summed E-state index contributed by atoms with van der Waals surface area (Å²) >= 11 is 5.38. The van der Waals surface area contributed by atoms with Gasteiger partial charge in [-0.3, -0.25) is 4.79 Å². The standard InChI is InChI=1S/C14H18BrNO2S/c1-9-10(2)19-7-6-16(9)14(17)12-8-11(18-3)4-5-13(12)15/h4-5,8-10H,6-7H2,1-3H3. The van der Waals surface area contributed by atoms with E-state index in [1.165, 1.54) is 0 Å². The number of carbonyl (C=O) groups excluding carboxylic acids is 1. The van der Waals surface area contributed by atoms with E-state index in [2.05, 4.69) is 29.8 Å². The highest BCUT2D eigenvalue weighted by Crippen LogP contribution is 2.29. The Hall–Kier alpha value is -0.680. The normalized spacial score (nSPS) is 23.3. The fraction of sp³-hybridized carbons (Fsp3) is 0.500. The molecule has 2 unspecified atom stereocenters. The van der Waals surface area contributed by atoms with E-state index in [0.717, 1.165) is 16.8 Å². The molecule has 1 fully saturated rings. The van der Waals surface area contributed by atoms with Gasteiger partial charge in [-0.05, 0) is 41.1 Å². The van der Waals surface area contributed by atoms with E-state index in [4.69, 9.17) is 4.74 Å². The van der Waals surface area contributed by atoms with Crippen LogP contribution in [0.1, 0.15) is 24.2 Å². The molecule has 1 aromatic carbocycles. The first-order valence-electron chi connectivity index (χ1n) is 6.30. The molecule has 1 aliphatic rings. The molecule has 3 nitrogen and oxygen atoms in total. The summed E-state index contributed by atoms with van der Waals surface area (Å²) in [4.78, 5) is 14.6. The largest absolute Gasteiger partial charge is 0.497 e. The first kappa shape index (κ1) is 14.7. The Balaban J connectivity index is 2.28. The van der Waals surface area contributed by atoms with Crippen molar-refractivity contribution in [3.63, 3.8) is 0 Å². The number of hydrogen-bond donors (Lipinski definition) is 0. The van der Waals surface area contributed by atoms with Crippen molar-refractivity contribution in [3.8, 4) is 5.75 Å². The van der Waals surface area contributed by atoms with Gasteiger partial charge >= 0.3 is 0 Å². The molecule has 1 aromatic rings. The van der Waals surface area contributed by atoms with Crippen LogP contribution in [0, 0.1) is 0 Å². The predicted molar refractivity (Wildman–Crippen MR) is 83.1 cm³/mol. The second kappa shape index (κ2) is 6.18. The van der Waals surface area contributed by atoms with Crippen LogP contribution >= 0.6 is 27.7 Å². The van der Waals surface area contributed by atoms with E-state index >= 15 is 0 Å². The molecule has 1 heterocycles. The third kappa shape index (κ3) is 3.08. The molecule has 0 bridgehead atoms. The van der Waals surface area contributed by atoms with Crippen LogP contribution in [0.15, 0.2) is 22.7 Å². The van der Waals surface area contributed by atoms with Crippen LogP contribution in [-0.2, 0) is 0 Å². The average Bonchev–Trinajstić information content (AvgIpc) is 2.42. The van der Waals surface area contributed by atoms with Gasteiger partial charge in [0.05, 0.1) is 12.7 Å². The van der Waals surface area contributed by atoms with E-state index < -0.39 is 0 Å². The maximum Gasteiger partial charge on any atom is 0.255 e. The number of ether oxygens (including phenoxy) is 1. The van der Waals surface area contributed by atoms with Gasteiger partial charge in [-0.1, -0.05) is 6.92 Å². The molecule has 0 N–H and O–H groups in total. The number of thioether (sulfide) groups is 1. The molecule has 1 aliphatic heterocycles. The molecule has 5 heteroatoms. The zero-order chi connectivity index (χ0) is 14.0. The number of halogens is 1. The fourth-order valence-electron chi connectivity index (χ4n) is 2.17. The number of hydrogen-bond acceptors (Lipinski definition) is 3. The van der Waals surface area contributed by atoms with Crippen molar-refractivity contribution in [1.82, 2.24) is 4.90 Å². The molecular weight excluding hydrogens is 326 g/mol. The molecule has 2 atom stereocenters. The highest BCUT2D eigenvalue weighted by Gasteiger charge is 2.30. The van der Waals surface area contributed by atoms with Crippen molar-refractivity contribution in [3.05, 3.63) is 28.2 Å². The van der Waals surface area contributed by atoms with Crippen molar-refractivity contribution in [2.24, 2.45) is 0 Å². The van der Waals surface area contributed by atoms with E-state index in [0.29, 0.717) is 16.6 Å². The van der Waals surface area contributed by atoms with Crippen molar-refractivity contribution in [1.29, 1.82) is 0 Å². The lowest BCUT2D eigenvalue weighted by Gasteiger charge is -2.37. The van der Waals surface area contributed by atoms with E-state index in [1.807, 2.05) is 28.8 Å². The van der Waals surface area contributed by atoms with E-state index in [9.17, 15) is 4.79 Å². The molecule has 0 aliphatic carbocycles. The average molecular weight is 344 g/mol. The highest BCUT2D eigenvalue weighted by molar-refractivity contribution is 9.10. The summed E-state index contributed by atoms with van der Waals surface area (Å²) in [7, 11) is 1.61. The Labute approximate surface area is 126 Å². The quantitative estimate of drug-likeness (QED) is 0.823. The van der Waals surface area contributed by atoms with Gasteiger partial charge in [-0.25, -0.2) is 0 Å². The van der Waals surface area contributed by atoms with Gasteiger partial charge in [0.1, 0.15) is 5.75 Å². The third-order valence-corrected chi connectivity index (χ3v) is 5.58. The van der Waals surface area contributed by atoms with E-state index in [1.54, 1.807) is 13.2 Å². The van der Waals surface area contributed by atoms with Crippen LogP contribution in [0.5, 0.6) is 5.75 Å². The second-order valence-corrected chi connectivity index (χ2v) is 7.00. The van der Waals surface area contributed by atoms with Gasteiger partial charge in [0.2, 0.25) is 0 Å². The molecule has 19 heavy (non-hydrogen) atoms. The zero-order valence-electron chi connectivity index (χ0n) is 11.4. The number of nitrogens with zero attached hydrogens (tertiary/aromatic N) is 1. The molecule has 0 saturated carbocycles. The second-order valence-electron chi connectivity index (χ2n) is 4.66. The van der Waals surface area contributed by atoms with Crippen molar-refractivity contribution < 1.29 is 9.53 Å². The molecule has 0 radical (unpaired) electrons. The molecule has 1 saturated heterocycles. The van der Waals surface area contributed by atoms with Crippen LogP contribution in [0.3, 0.4) is 0 Å². The number of amides is 1. The lowest BCUT2D eigenvalue weighted by atomic mass is 10.1. The van der Waals surface area contributed by atoms with Crippen molar-refractivity contribution >= 4 is 33.6 Å². The van der Waals surface area contributed by atoms with Crippen LogP contribution in [-0.4, -0.2) is 41.5 Å². The molecule has 104 valence electrons. The number of rotatable bonds is 2. The summed E-state index contributed by atoms with van der Waals surface area (Å²) in [6.07, 6.45) is 0. The molecular formula is C14H18BrNO2S. The zero-order valence-corrected chi connectivity index (χ0v) is 13.8. The minimum atomic E-state index is 0.0745.